The van der Waals surface area contributed by atoms with E-state index < -0.39 is 17.9 Å². The van der Waals surface area contributed by atoms with Crippen LogP contribution in [0.15, 0.2) is 18.3 Å². The second-order valence-electron chi connectivity index (χ2n) is 3.06. The molecule has 4 nitrogen and oxygen atoms in total. The molecule has 0 fully saturated rings. The zero-order valence-electron chi connectivity index (χ0n) is 8.44. The van der Waals surface area contributed by atoms with Crippen molar-refractivity contribution in [2.75, 3.05) is 7.05 Å². The summed E-state index contributed by atoms with van der Waals surface area (Å²) in [6.07, 6.45) is 1.26. The van der Waals surface area contributed by atoms with Crippen LogP contribution in [-0.4, -0.2) is 28.9 Å². The molecular weight excluding hydrogens is 197 g/mol. The molecule has 1 unspecified atom stereocenters. The Labute approximate surface area is 87.0 Å². The number of carbonyl (C=O) groups excluding carboxylic acids is 1. The van der Waals surface area contributed by atoms with E-state index in [1.807, 2.05) is 6.07 Å². The van der Waals surface area contributed by atoms with Gasteiger partial charge in [-0.3, -0.25) is 4.79 Å². The van der Waals surface area contributed by atoms with E-state index in [4.69, 9.17) is 5.26 Å². The average Bonchev–Trinajstić information content (AvgIpc) is 2.26. The van der Waals surface area contributed by atoms with Crippen molar-refractivity contribution in [1.82, 2.24) is 9.88 Å². The minimum Gasteiger partial charge on any atom is -0.326 e. The van der Waals surface area contributed by atoms with Gasteiger partial charge in [-0.05, 0) is 19.1 Å². The number of nitriles is 1. The van der Waals surface area contributed by atoms with Gasteiger partial charge in [0.25, 0.3) is 5.91 Å². The third-order valence-corrected chi connectivity index (χ3v) is 2.08. The normalized spacial score (nSPS) is 11.6. The molecule has 1 heterocycles. The summed E-state index contributed by atoms with van der Waals surface area (Å²) in [5.41, 5.74) is -0.123. The van der Waals surface area contributed by atoms with Crippen LogP contribution >= 0.6 is 0 Å². The first-order valence-electron chi connectivity index (χ1n) is 4.35. The van der Waals surface area contributed by atoms with Crippen LogP contribution in [0.3, 0.4) is 0 Å². The van der Waals surface area contributed by atoms with Crippen LogP contribution in [0.4, 0.5) is 4.39 Å². The van der Waals surface area contributed by atoms with Crippen molar-refractivity contribution in [3.8, 4) is 6.07 Å². The van der Waals surface area contributed by atoms with Crippen LogP contribution in [0, 0.1) is 17.3 Å². The molecule has 1 aromatic rings. The molecule has 0 aliphatic carbocycles. The van der Waals surface area contributed by atoms with Crippen molar-refractivity contribution in [2.24, 2.45) is 0 Å². The highest BCUT2D eigenvalue weighted by molar-refractivity contribution is 5.94. The molecule has 78 valence electrons. The van der Waals surface area contributed by atoms with Gasteiger partial charge in [0.15, 0.2) is 0 Å². The maximum absolute atomic E-state index is 13.1. The smallest absolute Gasteiger partial charge is 0.259 e. The van der Waals surface area contributed by atoms with Gasteiger partial charge in [0, 0.05) is 13.2 Å². The number of aromatic nitrogens is 1. The topological polar surface area (TPSA) is 57.0 Å². The highest BCUT2D eigenvalue weighted by Gasteiger charge is 2.20. The van der Waals surface area contributed by atoms with Gasteiger partial charge in [-0.15, -0.1) is 0 Å². The third kappa shape index (κ3) is 2.29. The summed E-state index contributed by atoms with van der Waals surface area (Å²) in [5, 5.41) is 8.62. The standard InChI is InChI=1S/C10H10FN3O/c1-7(6-12)14(2)10(15)8-4-3-5-13-9(8)11/h3-5,7H,1-2H3. The van der Waals surface area contributed by atoms with Crippen LogP contribution in [-0.2, 0) is 0 Å². The highest BCUT2D eigenvalue weighted by atomic mass is 19.1. The van der Waals surface area contributed by atoms with Gasteiger partial charge in [0.1, 0.15) is 6.04 Å². The molecule has 0 bridgehead atoms. The Morgan fingerprint density at radius 1 is 1.73 bits per heavy atom. The van der Waals surface area contributed by atoms with Crippen LogP contribution in [0.5, 0.6) is 0 Å². The molecule has 1 rings (SSSR count). The number of amides is 1. The SMILES string of the molecule is CC(C#N)N(C)C(=O)c1cccnc1F. The van der Waals surface area contributed by atoms with E-state index in [1.165, 1.54) is 30.3 Å². The molecule has 0 aliphatic rings. The predicted molar refractivity (Wildman–Crippen MR) is 51.4 cm³/mol. The minimum absolute atomic E-state index is 0.123. The number of hydrogen-bond donors (Lipinski definition) is 0. The summed E-state index contributed by atoms with van der Waals surface area (Å²) < 4.78 is 13.1. The van der Waals surface area contributed by atoms with Crippen molar-refractivity contribution in [1.29, 1.82) is 5.26 Å². The molecular formula is C10H10FN3O. The molecule has 0 aromatic carbocycles. The highest BCUT2D eigenvalue weighted by Crippen LogP contribution is 2.08. The summed E-state index contributed by atoms with van der Waals surface area (Å²) in [6.45, 7) is 1.56. The molecule has 15 heavy (non-hydrogen) atoms. The molecule has 0 N–H and O–H groups in total. The maximum atomic E-state index is 13.1. The van der Waals surface area contributed by atoms with E-state index >= 15 is 0 Å². The lowest BCUT2D eigenvalue weighted by Crippen LogP contribution is -2.34. The molecule has 0 aliphatic heterocycles. The van der Waals surface area contributed by atoms with Gasteiger partial charge >= 0.3 is 0 Å². The predicted octanol–water partition coefficient (Wildman–Crippen LogP) is 1.20. The Morgan fingerprint density at radius 2 is 2.40 bits per heavy atom. The zero-order valence-corrected chi connectivity index (χ0v) is 8.44. The van der Waals surface area contributed by atoms with E-state index in [0.29, 0.717) is 0 Å². The van der Waals surface area contributed by atoms with Crippen molar-refractivity contribution in [2.45, 2.75) is 13.0 Å². The molecule has 1 aromatic heterocycles. The van der Waals surface area contributed by atoms with E-state index in [0.717, 1.165) is 0 Å². The number of nitrogens with zero attached hydrogens (tertiary/aromatic N) is 3. The van der Waals surface area contributed by atoms with Crippen molar-refractivity contribution >= 4 is 5.91 Å². The molecule has 0 radical (unpaired) electrons. The van der Waals surface area contributed by atoms with Gasteiger partial charge in [-0.1, -0.05) is 0 Å². The monoisotopic (exact) mass is 207 g/mol. The Morgan fingerprint density at radius 3 is 2.93 bits per heavy atom. The lowest BCUT2D eigenvalue weighted by Gasteiger charge is -2.19. The largest absolute Gasteiger partial charge is 0.326 e. The lowest BCUT2D eigenvalue weighted by molar-refractivity contribution is 0.0767. The van der Waals surface area contributed by atoms with Crippen molar-refractivity contribution in [3.05, 3.63) is 29.8 Å². The number of pyridine rings is 1. The molecule has 0 spiro atoms. The summed E-state index contributed by atoms with van der Waals surface area (Å²) in [5.74, 6) is -1.37. The van der Waals surface area contributed by atoms with E-state index in [1.54, 1.807) is 6.92 Å². The van der Waals surface area contributed by atoms with Gasteiger partial charge in [-0.25, -0.2) is 4.98 Å². The quantitative estimate of drug-likeness (QED) is 0.685. The zero-order chi connectivity index (χ0) is 11.4. The Bertz CT molecular complexity index is 413. The summed E-state index contributed by atoms with van der Waals surface area (Å²) in [6, 6.07) is 4.11. The molecule has 1 atom stereocenters. The first kappa shape index (κ1) is 11.1. The van der Waals surface area contributed by atoms with Crippen LogP contribution in [0.2, 0.25) is 0 Å². The third-order valence-electron chi connectivity index (χ3n) is 2.08. The Kier molecular flexibility index (Phi) is 3.34. The van der Waals surface area contributed by atoms with E-state index in [-0.39, 0.29) is 5.56 Å². The minimum atomic E-state index is -0.820. The summed E-state index contributed by atoms with van der Waals surface area (Å²) in [7, 11) is 1.45. The van der Waals surface area contributed by atoms with Crippen LogP contribution < -0.4 is 0 Å². The fourth-order valence-corrected chi connectivity index (χ4v) is 0.998. The van der Waals surface area contributed by atoms with E-state index in [9.17, 15) is 9.18 Å². The summed E-state index contributed by atoms with van der Waals surface area (Å²) >= 11 is 0. The first-order valence-corrected chi connectivity index (χ1v) is 4.35. The first-order chi connectivity index (χ1) is 7.07. The van der Waals surface area contributed by atoms with Gasteiger partial charge in [0.05, 0.1) is 11.6 Å². The molecule has 0 saturated carbocycles. The van der Waals surface area contributed by atoms with Gasteiger partial charge in [0.2, 0.25) is 5.95 Å². The Balaban J connectivity index is 2.96. The van der Waals surface area contributed by atoms with Gasteiger partial charge < -0.3 is 4.90 Å². The Hall–Kier alpha value is -1.96. The van der Waals surface area contributed by atoms with Crippen molar-refractivity contribution < 1.29 is 9.18 Å². The lowest BCUT2D eigenvalue weighted by atomic mass is 10.2. The molecule has 5 heteroatoms. The fourth-order valence-electron chi connectivity index (χ4n) is 0.998. The van der Waals surface area contributed by atoms with Gasteiger partial charge in [-0.2, -0.15) is 9.65 Å². The van der Waals surface area contributed by atoms with Crippen molar-refractivity contribution in [3.63, 3.8) is 0 Å². The number of halogens is 1. The van der Waals surface area contributed by atoms with Crippen LogP contribution in [0.1, 0.15) is 17.3 Å². The second kappa shape index (κ2) is 4.51. The van der Waals surface area contributed by atoms with Crippen LogP contribution in [0.25, 0.3) is 0 Å². The number of hydrogen-bond acceptors (Lipinski definition) is 3. The van der Waals surface area contributed by atoms with E-state index in [2.05, 4.69) is 4.98 Å². The number of carbonyl (C=O) groups is 1. The summed E-state index contributed by atoms with van der Waals surface area (Å²) in [4.78, 5) is 16.2. The fraction of sp³-hybridized carbons (Fsp3) is 0.300. The number of rotatable bonds is 2. The molecule has 1 amide bonds. The second-order valence-corrected chi connectivity index (χ2v) is 3.06. The maximum Gasteiger partial charge on any atom is 0.259 e. The average molecular weight is 207 g/mol. The molecule has 0 saturated heterocycles.